The molecule has 8 nitrogen and oxygen atoms in total. The fraction of sp³-hybridized carbons (Fsp3) is 0.0500. The van der Waals surface area contributed by atoms with Crippen LogP contribution in [0.1, 0.15) is 27.1 Å². The number of aromatic nitrogens is 2. The molecule has 10 heteroatoms. The van der Waals surface area contributed by atoms with Crippen molar-refractivity contribution >= 4 is 49.9 Å². The van der Waals surface area contributed by atoms with Gasteiger partial charge in [0.25, 0.3) is 5.91 Å². The summed E-state index contributed by atoms with van der Waals surface area (Å²) >= 11 is 4.38. The summed E-state index contributed by atoms with van der Waals surface area (Å²) in [6, 6.07) is 15.5. The standard InChI is InChI=1S/C20H13BrN4O4S/c1-11(26)18-24-25(14-8-6-13(21)7-9-14)20(30-18)23-22-17(27)15-10-12-4-2-3-5-16(12)29-19(15)28/h2-10H,1H3,(H,22,27)/b23-20-. The van der Waals surface area contributed by atoms with Crippen LogP contribution in [-0.4, -0.2) is 21.5 Å². The number of hydrogen-bond donors (Lipinski definition) is 1. The zero-order chi connectivity index (χ0) is 21.3. The maximum absolute atomic E-state index is 12.6. The van der Waals surface area contributed by atoms with E-state index in [1.165, 1.54) is 17.7 Å². The van der Waals surface area contributed by atoms with E-state index in [0.29, 0.717) is 16.7 Å². The van der Waals surface area contributed by atoms with Crippen LogP contribution in [0.4, 0.5) is 0 Å². The Morgan fingerprint density at radius 2 is 1.90 bits per heavy atom. The number of halogens is 1. The van der Waals surface area contributed by atoms with E-state index in [-0.39, 0.29) is 21.2 Å². The maximum atomic E-state index is 12.6. The molecule has 1 N–H and O–H groups in total. The van der Waals surface area contributed by atoms with Crippen LogP contribution in [0.5, 0.6) is 0 Å². The van der Waals surface area contributed by atoms with Crippen LogP contribution in [-0.2, 0) is 0 Å². The van der Waals surface area contributed by atoms with Crippen LogP contribution in [0.15, 0.2) is 73.4 Å². The third kappa shape index (κ3) is 4.00. The van der Waals surface area contributed by atoms with Crippen molar-refractivity contribution in [3.63, 3.8) is 0 Å². The molecule has 0 unspecified atom stereocenters. The Hall–Kier alpha value is -3.37. The van der Waals surface area contributed by atoms with Gasteiger partial charge >= 0.3 is 5.63 Å². The number of benzene rings is 2. The van der Waals surface area contributed by atoms with E-state index in [1.54, 1.807) is 36.4 Å². The van der Waals surface area contributed by atoms with Gasteiger partial charge in [-0.1, -0.05) is 45.5 Å². The largest absolute Gasteiger partial charge is 0.422 e. The van der Waals surface area contributed by atoms with Gasteiger partial charge in [0.2, 0.25) is 4.80 Å². The lowest BCUT2D eigenvalue weighted by atomic mass is 10.2. The molecule has 2 aromatic heterocycles. The number of ketones is 1. The van der Waals surface area contributed by atoms with Gasteiger partial charge in [0.15, 0.2) is 10.8 Å². The Morgan fingerprint density at radius 3 is 2.63 bits per heavy atom. The number of fused-ring (bicyclic) bond motifs is 1. The second kappa shape index (κ2) is 8.17. The molecule has 4 aromatic rings. The zero-order valence-corrected chi connectivity index (χ0v) is 17.9. The number of nitrogens with one attached hydrogen (secondary N) is 1. The highest BCUT2D eigenvalue weighted by Gasteiger charge is 2.15. The van der Waals surface area contributed by atoms with Crippen LogP contribution in [0, 0.1) is 0 Å². The predicted octanol–water partition coefficient (Wildman–Crippen LogP) is 3.25. The molecule has 0 saturated heterocycles. The Labute approximate surface area is 181 Å². The van der Waals surface area contributed by atoms with Crippen molar-refractivity contribution in [2.24, 2.45) is 5.10 Å². The number of amides is 1. The number of carbonyl (C=O) groups is 2. The fourth-order valence-electron chi connectivity index (χ4n) is 2.63. The van der Waals surface area contributed by atoms with E-state index in [0.717, 1.165) is 15.8 Å². The van der Waals surface area contributed by atoms with Crippen molar-refractivity contribution in [3.8, 4) is 5.69 Å². The van der Waals surface area contributed by atoms with Gasteiger partial charge in [-0.15, -0.1) is 5.10 Å². The van der Waals surface area contributed by atoms with Crippen molar-refractivity contribution in [2.45, 2.75) is 6.92 Å². The van der Waals surface area contributed by atoms with Crippen molar-refractivity contribution in [2.75, 3.05) is 0 Å². The summed E-state index contributed by atoms with van der Waals surface area (Å²) in [6.45, 7) is 1.40. The van der Waals surface area contributed by atoms with Crippen LogP contribution in [0.2, 0.25) is 0 Å². The van der Waals surface area contributed by atoms with E-state index in [4.69, 9.17) is 4.42 Å². The average Bonchev–Trinajstić information content (AvgIpc) is 3.16. The summed E-state index contributed by atoms with van der Waals surface area (Å²) < 4.78 is 7.50. The highest BCUT2D eigenvalue weighted by Crippen LogP contribution is 2.14. The van der Waals surface area contributed by atoms with E-state index >= 15 is 0 Å². The lowest BCUT2D eigenvalue weighted by Crippen LogP contribution is -2.27. The molecule has 4 rings (SSSR count). The molecule has 150 valence electrons. The van der Waals surface area contributed by atoms with Gasteiger partial charge in [-0.2, -0.15) is 5.10 Å². The SMILES string of the molecule is CC(=O)c1nn(-c2ccc(Br)cc2)/c(=N/NC(=O)c2cc3ccccc3oc2=O)s1. The first-order chi connectivity index (χ1) is 14.4. The molecule has 30 heavy (non-hydrogen) atoms. The quantitative estimate of drug-likeness (QED) is 0.271. The summed E-state index contributed by atoms with van der Waals surface area (Å²) in [5.41, 5.74) is 2.44. The maximum Gasteiger partial charge on any atom is 0.349 e. The summed E-state index contributed by atoms with van der Waals surface area (Å²) in [7, 11) is 0. The van der Waals surface area contributed by atoms with Crippen LogP contribution in [0.25, 0.3) is 16.7 Å². The molecule has 0 bridgehead atoms. The molecule has 0 radical (unpaired) electrons. The van der Waals surface area contributed by atoms with E-state index in [1.807, 2.05) is 12.1 Å². The average molecular weight is 485 g/mol. The number of rotatable bonds is 4. The highest BCUT2D eigenvalue weighted by atomic mass is 79.9. The molecule has 0 saturated carbocycles. The van der Waals surface area contributed by atoms with Gasteiger partial charge in [-0.05, 0) is 36.4 Å². The summed E-state index contributed by atoms with van der Waals surface area (Å²) in [4.78, 5) is 36.8. The molecule has 0 aliphatic heterocycles. The first-order valence-corrected chi connectivity index (χ1v) is 10.3. The summed E-state index contributed by atoms with van der Waals surface area (Å²) in [5.74, 6) is -0.955. The third-order valence-electron chi connectivity index (χ3n) is 4.07. The zero-order valence-electron chi connectivity index (χ0n) is 15.5. The van der Waals surface area contributed by atoms with E-state index < -0.39 is 11.5 Å². The fourth-order valence-corrected chi connectivity index (χ4v) is 3.65. The van der Waals surface area contributed by atoms with Crippen molar-refractivity contribution < 1.29 is 14.0 Å². The Bertz CT molecular complexity index is 1400. The topological polar surface area (TPSA) is 107 Å². The van der Waals surface area contributed by atoms with E-state index in [2.05, 4.69) is 31.6 Å². The Kier molecular flexibility index (Phi) is 5.42. The Balaban J connectivity index is 1.72. The molecule has 0 aliphatic rings. The second-order valence-corrected chi connectivity index (χ2v) is 8.04. The van der Waals surface area contributed by atoms with Gasteiger partial charge in [0, 0.05) is 16.8 Å². The van der Waals surface area contributed by atoms with Crippen molar-refractivity contribution in [3.05, 3.63) is 84.9 Å². The predicted molar refractivity (Wildman–Crippen MR) is 115 cm³/mol. The number of Topliss-reactive ketones (excluding diaryl/α,β-unsaturated/α-hetero) is 1. The minimum Gasteiger partial charge on any atom is -0.422 e. The molecule has 2 heterocycles. The molecule has 0 spiro atoms. The van der Waals surface area contributed by atoms with Gasteiger partial charge < -0.3 is 4.42 Å². The number of carbonyl (C=O) groups excluding carboxylic acids is 2. The molecule has 0 fully saturated rings. The van der Waals surface area contributed by atoms with Gasteiger partial charge in [0.1, 0.15) is 11.1 Å². The van der Waals surface area contributed by atoms with Gasteiger partial charge in [-0.3, -0.25) is 9.59 Å². The lowest BCUT2D eigenvalue weighted by molar-refractivity contribution is 0.0948. The minimum absolute atomic E-state index is 0.177. The first kappa shape index (κ1) is 19.9. The normalized spacial score (nSPS) is 11.6. The Morgan fingerprint density at radius 1 is 1.17 bits per heavy atom. The molecule has 2 aromatic carbocycles. The lowest BCUT2D eigenvalue weighted by Gasteiger charge is -2.02. The summed E-state index contributed by atoms with van der Waals surface area (Å²) in [5, 5.41) is 9.19. The minimum atomic E-state index is -0.768. The summed E-state index contributed by atoms with van der Waals surface area (Å²) in [6.07, 6.45) is 0. The number of hydrogen-bond acceptors (Lipinski definition) is 7. The van der Waals surface area contributed by atoms with Crippen LogP contribution < -0.4 is 15.9 Å². The van der Waals surface area contributed by atoms with Crippen LogP contribution >= 0.6 is 27.3 Å². The van der Waals surface area contributed by atoms with Gasteiger partial charge in [-0.25, -0.2) is 14.9 Å². The molecule has 0 atom stereocenters. The van der Waals surface area contributed by atoms with Crippen LogP contribution in [0.3, 0.4) is 0 Å². The van der Waals surface area contributed by atoms with E-state index in [9.17, 15) is 14.4 Å². The highest BCUT2D eigenvalue weighted by molar-refractivity contribution is 9.10. The molecule has 0 aliphatic carbocycles. The molecular formula is C20H13BrN4O4S. The van der Waals surface area contributed by atoms with Gasteiger partial charge in [0.05, 0.1) is 5.69 Å². The molecule has 1 amide bonds. The second-order valence-electron chi connectivity index (χ2n) is 6.17. The van der Waals surface area contributed by atoms with Crippen molar-refractivity contribution in [1.29, 1.82) is 0 Å². The van der Waals surface area contributed by atoms with Crippen molar-refractivity contribution in [1.82, 2.24) is 15.2 Å². The first-order valence-electron chi connectivity index (χ1n) is 8.66. The molecular weight excluding hydrogens is 472 g/mol. The third-order valence-corrected chi connectivity index (χ3v) is 5.61. The smallest absolute Gasteiger partial charge is 0.349 e. The number of nitrogens with zero attached hydrogens (tertiary/aromatic N) is 3. The monoisotopic (exact) mass is 484 g/mol. The number of para-hydroxylation sites is 1.